The van der Waals surface area contributed by atoms with E-state index >= 15 is 0 Å². The minimum absolute atomic E-state index is 0.118. The van der Waals surface area contributed by atoms with Crippen LogP contribution in [0, 0.1) is 17.8 Å². The summed E-state index contributed by atoms with van der Waals surface area (Å²) in [4.78, 5) is 35.5. The molecule has 0 saturated heterocycles. The Morgan fingerprint density at radius 2 is 2.03 bits per heavy atom. The Morgan fingerprint density at radius 3 is 2.71 bits per heavy atom. The van der Waals surface area contributed by atoms with Crippen LogP contribution in [0.2, 0.25) is 0 Å². The molecule has 2 amide bonds. The van der Waals surface area contributed by atoms with Crippen molar-refractivity contribution in [1.82, 2.24) is 30.0 Å². The van der Waals surface area contributed by atoms with Crippen LogP contribution in [0.5, 0.6) is 5.75 Å². The molecule has 38 heavy (non-hydrogen) atoms. The molecule has 0 bridgehead atoms. The van der Waals surface area contributed by atoms with E-state index in [4.69, 9.17) is 4.74 Å². The Labute approximate surface area is 220 Å². The zero-order valence-corrected chi connectivity index (χ0v) is 21.5. The fraction of sp³-hybridized carbons (Fsp3) is 0.320. The molecule has 1 unspecified atom stereocenters. The van der Waals surface area contributed by atoms with Crippen LogP contribution < -0.4 is 15.5 Å². The molecule has 1 aliphatic carbocycles. The lowest BCUT2D eigenvalue weighted by molar-refractivity contribution is 0.0822. The van der Waals surface area contributed by atoms with Gasteiger partial charge in [0.2, 0.25) is 0 Å². The molecular formula is C25H23F2N7O3S. The summed E-state index contributed by atoms with van der Waals surface area (Å²) in [5, 5.41) is 6.94. The van der Waals surface area contributed by atoms with E-state index < -0.39 is 18.0 Å². The highest BCUT2D eigenvalue weighted by molar-refractivity contribution is 8.14. The van der Waals surface area contributed by atoms with Crippen molar-refractivity contribution in [2.75, 3.05) is 21.2 Å². The number of halogens is 2. The smallest absolute Gasteiger partial charge is 0.280 e. The predicted molar refractivity (Wildman–Crippen MR) is 138 cm³/mol. The van der Waals surface area contributed by atoms with Crippen LogP contribution >= 0.6 is 11.8 Å². The van der Waals surface area contributed by atoms with E-state index in [1.165, 1.54) is 48.3 Å². The SMILES string of the molecule is COc1cnc(C(F)F)cc1-c1cn2cc(C(=O)N(C)C)nc2cc1C(=O)NC1=NNC(C#CC2CC2)S1. The lowest BCUT2D eigenvalue weighted by Crippen LogP contribution is -2.28. The number of methoxy groups -OCH3 is 1. The number of amidine groups is 1. The molecule has 3 aromatic rings. The van der Waals surface area contributed by atoms with Crippen LogP contribution in [0.1, 0.15) is 45.8 Å². The Kier molecular flexibility index (Phi) is 6.90. The Balaban J connectivity index is 1.55. The number of nitrogens with one attached hydrogen (secondary N) is 2. The molecule has 196 valence electrons. The maximum absolute atomic E-state index is 13.5. The van der Waals surface area contributed by atoms with E-state index in [2.05, 4.69) is 37.7 Å². The van der Waals surface area contributed by atoms with Gasteiger partial charge in [-0.1, -0.05) is 11.8 Å². The number of thioether (sulfide) groups is 1. The number of amides is 2. The number of rotatable bonds is 5. The number of carbonyl (C=O) groups is 2. The monoisotopic (exact) mass is 539 g/mol. The largest absolute Gasteiger partial charge is 0.494 e. The first-order valence-corrected chi connectivity index (χ1v) is 12.5. The minimum Gasteiger partial charge on any atom is -0.494 e. The number of ether oxygens (including phenoxy) is 1. The van der Waals surface area contributed by atoms with Crippen molar-refractivity contribution in [3.05, 3.63) is 47.7 Å². The summed E-state index contributed by atoms with van der Waals surface area (Å²) >= 11 is 1.26. The summed E-state index contributed by atoms with van der Waals surface area (Å²) < 4.78 is 34.0. The summed E-state index contributed by atoms with van der Waals surface area (Å²) in [6, 6.07) is 2.66. The number of imidazole rings is 1. The van der Waals surface area contributed by atoms with Gasteiger partial charge in [-0.2, -0.15) is 5.10 Å². The zero-order valence-electron chi connectivity index (χ0n) is 20.7. The normalized spacial score (nSPS) is 16.5. The second-order valence-electron chi connectivity index (χ2n) is 8.86. The number of carbonyl (C=O) groups excluding carboxylic acids is 2. The summed E-state index contributed by atoms with van der Waals surface area (Å²) in [5.74, 6) is 5.99. The molecule has 1 fully saturated rings. The molecule has 4 heterocycles. The topological polar surface area (TPSA) is 113 Å². The van der Waals surface area contributed by atoms with Gasteiger partial charge in [-0.25, -0.2) is 13.8 Å². The first kappa shape index (κ1) is 25.5. The van der Waals surface area contributed by atoms with Crippen LogP contribution in [0.3, 0.4) is 0 Å². The molecule has 13 heteroatoms. The van der Waals surface area contributed by atoms with Crippen molar-refractivity contribution >= 4 is 34.4 Å². The maximum atomic E-state index is 13.5. The third kappa shape index (κ3) is 5.26. The molecule has 1 aliphatic heterocycles. The standard InChI is InChI=1S/C25H23F2N7O3S/c1-33(2)24(36)18-12-34-11-16(14-8-17(22(26)27)28-10-19(14)37-3)15(9-20(34)29-18)23(35)30-25-32-31-21(38-25)7-6-13-4-5-13/h8-13,21-22,31H,4-5H2,1-3H3,(H,30,32,35). The molecule has 1 saturated carbocycles. The van der Waals surface area contributed by atoms with Gasteiger partial charge in [0.25, 0.3) is 18.2 Å². The molecule has 10 nitrogen and oxygen atoms in total. The summed E-state index contributed by atoms with van der Waals surface area (Å²) in [6.07, 6.45) is 3.60. The number of pyridine rings is 2. The number of fused-ring (bicyclic) bond motifs is 1. The van der Waals surface area contributed by atoms with Gasteiger partial charge < -0.3 is 14.0 Å². The number of nitrogens with zero attached hydrogens (tertiary/aromatic N) is 5. The molecular weight excluding hydrogens is 516 g/mol. The lowest BCUT2D eigenvalue weighted by Gasteiger charge is -2.14. The molecule has 1 atom stereocenters. The van der Waals surface area contributed by atoms with E-state index in [0.29, 0.717) is 16.7 Å². The Bertz CT molecular complexity index is 1520. The van der Waals surface area contributed by atoms with E-state index in [9.17, 15) is 18.4 Å². The highest BCUT2D eigenvalue weighted by atomic mass is 32.2. The van der Waals surface area contributed by atoms with E-state index in [1.54, 1.807) is 24.7 Å². The second-order valence-corrected chi connectivity index (χ2v) is 9.96. The summed E-state index contributed by atoms with van der Waals surface area (Å²) in [7, 11) is 4.58. The summed E-state index contributed by atoms with van der Waals surface area (Å²) in [5.41, 5.74) is 3.50. The van der Waals surface area contributed by atoms with Crippen LogP contribution in [-0.4, -0.2) is 62.8 Å². The van der Waals surface area contributed by atoms with Crippen molar-refractivity contribution in [1.29, 1.82) is 0 Å². The van der Waals surface area contributed by atoms with Gasteiger partial charge in [-0.15, -0.1) is 0 Å². The van der Waals surface area contributed by atoms with Gasteiger partial charge in [0, 0.05) is 43.5 Å². The number of hydrogen-bond acceptors (Lipinski definition) is 8. The Hall–Kier alpha value is -4.18. The quantitative estimate of drug-likeness (QED) is 0.479. The molecule has 3 aromatic heterocycles. The van der Waals surface area contributed by atoms with Crippen LogP contribution in [0.25, 0.3) is 16.8 Å². The van der Waals surface area contributed by atoms with Crippen LogP contribution in [0.15, 0.2) is 35.8 Å². The van der Waals surface area contributed by atoms with Gasteiger partial charge in [-0.3, -0.25) is 25.3 Å². The van der Waals surface area contributed by atoms with Crippen LogP contribution in [0.4, 0.5) is 8.78 Å². The first-order valence-electron chi connectivity index (χ1n) is 11.6. The predicted octanol–water partition coefficient (Wildman–Crippen LogP) is 3.12. The van der Waals surface area contributed by atoms with E-state index in [1.807, 2.05) is 0 Å². The summed E-state index contributed by atoms with van der Waals surface area (Å²) in [6.45, 7) is 0. The van der Waals surface area contributed by atoms with Gasteiger partial charge in [0.05, 0.1) is 18.9 Å². The van der Waals surface area contributed by atoms with Crippen LogP contribution in [-0.2, 0) is 0 Å². The highest BCUT2D eigenvalue weighted by Gasteiger charge is 2.26. The third-order valence-electron chi connectivity index (χ3n) is 5.81. The molecule has 0 spiro atoms. The average Bonchev–Trinajstić information content (AvgIpc) is 3.47. The third-order valence-corrected chi connectivity index (χ3v) is 6.69. The molecule has 2 N–H and O–H groups in total. The lowest BCUT2D eigenvalue weighted by atomic mass is 10.0. The molecule has 2 aliphatic rings. The number of alkyl halides is 2. The van der Waals surface area contributed by atoms with Crippen molar-refractivity contribution in [3.8, 4) is 28.7 Å². The highest BCUT2D eigenvalue weighted by Crippen LogP contribution is 2.35. The average molecular weight is 540 g/mol. The van der Waals surface area contributed by atoms with Gasteiger partial charge in [-0.05, 0) is 36.7 Å². The number of aromatic nitrogens is 3. The fourth-order valence-corrected chi connectivity index (χ4v) is 4.42. The van der Waals surface area contributed by atoms with Gasteiger partial charge in [0.15, 0.2) is 10.5 Å². The van der Waals surface area contributed by atoms with Gasteiger partial charge in [0.1, 0.15) is 22.8 Å². The van der Waals surface area contributed by atoms with Gasteiger partial charge >= 0.3 is 0 Å². The van der Waals surface area contributed by atoms with Crippen molar-refractivity contribution in [2.24, 2.45) is 11.0 Å². The van der Waals surface area contributed by atoms with Crippen molar-refractivity contribution in [3.63, 3.8) is 0 Å². The molecule has 0 aromatic carbocycles. The number of hydrogen-bond donors (Lipinski definition) is 2. The van der Waals surface area contributed by atoms with E-state index in [0.717, 1.165) is 12.8 Å². The second kappa shape index (κ2) is 10.3. The van der Waals surface area contributed by atoms with Crippen molar-refractivity contribution < 1.29 is 23.1 Å². The minimum atomic E-state index is -2.83. The Morgan fingerprint density at radius 1 is 1.24 bits per heavy atom. The first-order chi connectivity index (χ1) is 18.2. The zero-order chi connectivity index (χ0) is 27.0. The maximum Gasteiger partial charge on any atom is 0.280 e. The number of hydrazone groups is 1. The molecule has 0 radical (unpaired) electrons. The van der Waals surface area contributed by atoms with Crippen molar-refractivity contribution in [2.45, 2.75) is 24.6 Å². The van der Waals surface area contributed by atoms with E-state index in [-0.39, 0.29) is 39.4 Å². The molecule has 5 rings (SSSR count). The fourth-order valence-electron chi connectivity index (χ4n) is 3.71.